The number of aromatic nitrogens is 2. The van der Waals surface area contributed by atoms with Crippen molar-refractivity contribution in [3.8, 4) is 0 Å². The van der Waals surface area contributed by atoms with Crippen LogP contribution < -0.4 is 10.9 Å². The average Bonchev–Trinajstić information content (AvgIpc) is 2.39. The maximum absolute atomic E-state index is 13.1. The van der Waals surface area contributed by atoms with E-state index < -0.39 is 0 Å². The van der Waals surface area contributed by atoms with E-state index in [1.807, 2.05) is 0 Å². The van der Waals surface area contributed by atoms with Crippen LogP contribution in [0.15, 0.2) is 33.7 Å². The fraction of sp³-hybridized carbons (Fsp3) is 0.231. The van der Waals surface area contributed by atoms with Crippen LogP contribution in [0.5, 0.6) is 0 Å². The molecular formula is C13H13BrFN3O. The third-order valence-corrected chi connectivity index (χ3v) is 3.55. The molecule has 1 aromatic heterocycles. The second kappa shape index (κ2) is 5.52. The van der Waals surface area contributed by atoms with Crippen molar-refractivity contribution in [2.45, 2.75) is 13.5 Å². The van der Waals surface area contributed by atoms with E-state index in [-0.39, 0.29) is 11.4 Å². The molecule has 0 aliphatic heterocycles. The van der Waals surface area contributed by atoms with Gasteiger partial charge in [0.1, 0.15) is 10.3 Å². The lowest BCUT2D eigenvalue weighted by Gasteiger charge is -2.09. The molecule has 0 saturated carbocycles. The lowest BCUT2D eigenvalue weighted by Crippen LogP contribution is -2.21. The molecule has 0 fully saturated rings. The van der Waals surface area contributed by atoms with Crippen molar-refractivity contribution in [3.63, 3.8) is 0 Å². The van der Waals surface area contributed by atoms with Gasteiger partial charge in [0.05, 0.1) is 11.9 Å². The topological polar surface area (TPSA) is 46.9 Å². The first-order chi connectivity index (χ1) is 8.99. The third-order valence-electron chi connectivity index (χ3n) is 2.78. The fourth-order valence-electron chi connectivity index (χ4n) is 1.65. The number of aryl methyl sites for hydroxylation is 2. The summed E-state index contributed by atoms with van der Waals surface area (Å²) in [6.07, 6.45) is 1.57. The van der Waals surface area contributed by atoms with Crippen LogP contribution in [0.1, 0.15) is 11.1 Å². The molecule has 1 heterocycles. The van der Waals surface area contributed by atoms with E-state index in [9.17, 15) is 9.18 Å². The maximum atomic E-state index is 13.1. The molecule has 0 aliphatic rings. The molecule has 19 heavy (non-hydrogen) atoms. The van der Waals surface area contributed by atoms with Crippen LogP contribution in [-0.2, 0) is 13.6 Å². The molecule has 1 aromatic carbocycles. The van der Waals surface area contributed by atoms with Gasteiger partial charge in [0.15, 0.2) is 0 Å². The molecule has 0 atom stereocenters. The van der Waals surface area contributed by atoms with E-state index in [2.05, 4.69) is 26.3 Å². The first-order valence-corrected chi connectivity index (χ1v) is 6.49. The normalized spacial score (nSPS) is 10.5. The van der Waals surface area contributed by atoms with E-state index in [1.54, 1.807) is 32.3 Å². The largest absolute Gasteiger partial charge is 0.379 e. The van der Waals surface area contributed by atoms with Gasteiger partial charge in [-0.3, -0.25) is 4.79 Å². The van der Waals surface area contributed by atoms with Crippen molar-refractivity contribution < 1.29 is 4.39 Å². The van der Waals surface area contributed by atoms with E-state index in [1.165, 1.54) is 10.7 Å². The van der Waals surface area contributed by atoms with Gasteiger partial charge in [-0.1, -0.05) is 12.1 Å². The zero-order valence-electron chi connectivity index (χ0n) is 10.6. The van der Waals surface area contributed by atoms with Gasteiger partial charge < -0.3 is 5.32 Å². The van der Waals surface area contributed by atoms with Crippen LogP contribution in [0.4, 0.5) is 10.1 Å². The molecule has 0 saturated heterocycles. The minimum Gasteiger partial charge on any atom is -0.379 e. The van der Waals surface area contributed by atoms with Gasteiger partial charge in [-0.2, -0.15) is 5.10 Å². The van der Waals surface area contributed by atoms with E-state index in [0.29, 0.717) is 22.3 Å². The number of hydrogen-bond donors (Lipinski definition) is 1. The zero-order valence-corrected chi connectivity index (χ0v) is 12.2. The third kappa shape index (κ3) is 3.01. The van der Waals surface area contributed by atoms with Crippen LogP contribution in [0.2, 0.25) is 0 Å². The molecule has 2 aromatic rings. The van der Waals surface area contributed by atoms with Crippen molar-refractivity contribution >= 4 is 21.6 Å². The smallest absolute Gasteiger partial charge is 0.282 e. The van der Waals surface area contributed by atoms with Crippen LogP contribution in [0, 0.1) is 12.7 Å². The Morgan fingerprint density at radius 1 is 1.47 bits per heavy atom. The van der Waals surface area contributed by atoms with Crippen molar-refractivity contribution in [1.29, 1.82) is 0 Å². The lowest BCUT2D eigenvalue weighted by molar-refractivity contribution is 0.617. The SMILES string of the molecule is Cc1cc(CNc2cnn(C)c(=O)c2Br)ccc1F. The van der Waals surface area contributed by atoms with Crippen LogP contribution in [-0.4, -0.2) is 9.78 Å². The second-order valence-corrected chi connectivity index (χ2v) is 5.03. The van der Waals surface area contributed by atoms with Gasteiger partial charge in [0, 0.05) is 13.6 Å². The Hall–Kier alpha value is -1.69. The van der Waals surface area contributed by atoms with Crippen LogP contribution in [0.3, 0.4) is 0 Å². The summed E-state index contributed by atoms with van der Waals surface area (Å²) >= 11 is 3.23. The Kier molecular flexibility index (Phi) is 3.99. The van der Waals surface area contributed by atoms with Crippen molar-refractivity contribution in [3.05, 3.63) is 56.2 Å². The average molecular weight is 326 g/mol. The molecule has 0 spiro atoms. The number of hydrogen-bond acceptors (Lipinski definition) is 3. The van der Waals surface area contributed by atoms with Gasteiger partial charge in [-0.15, -0.1) is 0 Å². The van der Waals surface area contributed by atoms with Crippen molar-refractivity contribution in [2.75, 3.05) is 5.32 Å². The molecule has 1 N–H and O–H groups in total. The molecule has 0 unspecified atom stereocenters. The van der Waals surface area contributed by atoms with Gasteiger partial charge in [-0.05, 0) is 40.0 Å². The summed E-state index contributed by atoms with van der Waals surface area (Å²) in [6, 6.07) is 4.91. The number of nitrogens with one attached hydrogen (secondary N) is 1. The van der Waals surface area contributed by atoms with Crippen LogP contribution >= 0.6 is 15.9 Å². The minimum absolute atomic E-state index is 0.208. The van der Waals surface area contributed by atoms with Crippen molar-refractivity contribution in [2.24, 2.45) is 7.05 Å². The molecule has 0 aliphatic carbocycles. The lowest BCUT2D eigenvalue weighted by atomic mass is 10.1. The summed E-state index contributed by atoms with van der Waals surface area (Å²) in [6.45, 7) is 2.21. The van der Waals surface area contributed by atoms with E-state index >= 15 is 0 Å². The number of anilines is 1. The molecule has 6 heteroatoms. The number of rotatable bonds is 3. The minimum atomic E-state index is -0.222. The Bertz CT molecular complexity index is 669. The summed E-state index contributed by atoms with van der Waals surface area (Å²) in [4.78, 5) is 11.7. The first-order valence-electron chi connectivity index (χ1n) is 5.69. The second-order valence-electron chi connectivity index (χ2n) is 4.24. The van der Waals surface area contributed by atoms with E-state index in [0.717, 1.165) is 5.56 Å². The fourth-order valence-corrected chi connectivity index (χ4v) is 2.15. The van der Waals surface area contributed by atoms with Gasteiger partial charge in [0.2, 0.25) is 0 Å². The molecule has 0 bridgehead atoms. The molecule has 0 radical (unpaired) electrons. The predicted octanol–water partition coefficient (Wildman–Crippen LogP) is 2.60. The molecule has 100 valence electrons. The van der Waals surface area contributed by atoms with Crippen molar-refractivity contribution in [1.82, 2.24) is 9.78 Å². The van der Waals surface area contributed by atoms with Gasteiger partial charge >= 0.3 is 0 Å². The highest BCUT2D eigenvalue weighted by atomic mass is 79.9. The Balaban J connectivity index is 2.17. The summed E-state index contributed by atoms with van der Waals surface area (Å²) < 4.78 is 14.8. The highest BCUT2D eigenvalue weighted by molar-refractivity contribution is 9.10. The van der Waals surface area contributed by atoms with Crippen LogP contribution in [0.25, 0.3) is 0 Å². The molecule has 4 nitrogen and oxygen atoms in total. The standard InChI is InChI=1S/C13H13BrFN3O/c1-8-5-9(3-4-10(8)15)6-16-11-7-17-18(2)13(19)12(11)14/h3-5,7,16H,6H2,1-2H3. The number of halogens is 2. The Labute approximate surface area is 118 Å². The molecular weight excluding hydrogens is 313 g/mol. The molecule has 2 rings (SSSR count). The summed E-state index contributed by atoms with van der Waals surface area (Å²) in [7, 11) is 1.58. The molecule has 0 amide bonds. The zero-order chi connectivity index (χ0) is 14.0. The summed E-state index contributed by atoms with van der Waals surface area (Å²) in [5.41, 5.74) is 1.94. The van der Waals surface area contributed by atoms with E-state index in [4.69, 9.17) is 0 Å². The quantitative estimate of drug-likeness (QED) is 0.943. The van der Waals surface area contributed by atoms with Gasteiger partial charge in [0.25, 0.3) is 5.56 Å². The number of nitrogens with zero attached hydrogens (tertiary/aromatic N) is 2. The summed E-state index contributed by atoms with van der Waals surface area (Å²) in [5, 5.41) is 7.03. The first kappa shape index (κ1) is 13.7. The Morgan fingerprint density at radius 2 is 2.21 bits per heavy atom. The number of benzene rings is 1. The Morgan fingerprint density at radius 3 is 2.89 bits per heavy atom. The summed E-state index contributed by atoms with van der Waals surface area (Å²) in [5.74, 6) is -0.222. The maximum Gasteiger partial charge on any atom is 0.282 e. The predicted molar refractivity (Wildman–Crippen MR) is 75.6 cm³/mol. The highest BCUT2D eigenvalue weighted by Crippen LogP contribution is 2.17. The highest BCUT2D eigenvalue weighted by Gasteiger charge is 2.06. The van der Waals surface area contributed by atoms with Gasteiger partial charge in [-0.25, -0.2) is 9.07 Å². The monoisotopic (exact) mass is 325 g/mol.